The Hall–Kier alpha value is -3.96. The van der Waals surface area contributed by atoms with Crippen LogP contribution in [0.2, 0.25) is 0 Å². The summed E-state index contributed by atoms with van der Waals surface area (Å²) >= 11 is 0. The van der Waals surface area contributed by atoms with E-state index in [0.29, 0.717) is 0 Å². The zero-order valence-electron chi connectivity index (χ0n) is 25.3. The molecule has 1 aliphatic heterocycles. The number of amides is 5. The fourth-order valence-electron chi connectivity index (χ4n) is 4.44. The first kappa shape index (κ1) is 34.2. The molecule has 1 aliphatic rings. The summed E-state index contributed by atoms with van der Waals surface area (Å²) in [6.45, 7) is 9.99. The Labute approximate surface area is 247 Å². The molecule has 5 N–H and O–H groups in total. The van der Waals surface area contributed by atoms with Crippen molar-refractivity contribution >= 4 is 35.5 Å². The average Bonchev–Trinajstić information content (AvgIpc) is 2.91. The Morgan fingerprint density at radius 2 is 1.26 bits per heavy atom. The molecular weight excluding hydrogens is 542 g/mol. The van der Waals surface area contributed by atoms with Crippen LogP contribution in [-0.2, 0) is 39.9 Å². The van der Waals surface area contributed by atoms with Crippen molar-refractivity contribution in [1.82, 2.24) is 26.6 Å². The largest absolute Gasteiger partial charge is 0.451 e. The van der Waals surface area contributed by atoms with E-state index < -0.39 is 72.8 Å². The highest BCUT2D eigenvalue weighted by atomic mass is 16.5. The lowest BCUT2D eigenvalue weighted by molar-refractivity contribution is -0.160. The molecule has 1 aromatic carbocycles. The molecule has 5 amide bonds. The SMILES string of the molecule is CC(C)CC1NC(=O)CNC(=O)[C@H](Cc2ccccc2)NC(=O)C(C(C)C)NC(=O)CNC(=O)[C@H](CC(C)C)OC1=O. The van der Waals surface area contributed by atoms with Gasteiger partial charge < -0.3 is 31.3 Å². The molecule has 4 atom stereocenters. The first-order chi connectivity index (χ1) is 19.8. The number of carbonyl (C=O) groups excluding carboxylic acids is 6. The Balaban J connectivity index is 2.39. The van der Waals surface area contributed by atoms with Crippen LogP contribution in [0.15, 0.2) is 30.3 Å². The van der Waals surface area contributed by atoms with Crippen LogP contribution in [0, 0.1) is 17.8 Å². The lowest BCUT2D eigenvalue weighted by atomic mass is 10.0. The molecule has 232 valence electrons. The maximum Gasteiger partial charge on any atom is 0.329 e. The molecule has 42 heavy (non-hydrogen) atoms. The lowest BCUT2D eigenvalue weighted by Crippen LogP contribution is -2.58. The zero-order chi connectivity index (χ0) is 31.4. The van der Waals surface area contributed by atoms with Crippen LogP contribution in [0.1, 0.15) is 59.9 Å². The summed E-state index contributed by atoms with van der Waals surface area (Å²) < 4.78 is 5.55. The molecule has 0 aromatic heterocycles. The van der Waals surface area contributed by atoms with Crippen molar-refractivity contribution in [2.24, 2.45) is 17.8 Å². The second kappa shape index (κ2) is 16.5. The minimum absolute atomic E-state index is 0.00395. The third-order valence-corrected chi connectivity index (χ3v) is 6.59. The minimum atomic E-state index is -1.20. The van der Waals surface area contributed by atoms with E-state index in [1.165, 1.54) is 0 Å². The summed E-state index contributed by atoms with van der Waals surface area (Å²) in [6.07, 6.45) is -0.634. The smallest absolute Gasteiger partial charge is 0.329 e. The number of carbonyl (C=O) groups is 6. The average molecular weight is 588 g/mol. The first-order valence-corrected chi connectivity index (χ1v) is 14.5. The molecule has 0 bridgehead atoms. The van der Waals surface area contributed by atoms with E-state index in [1.54, 1.807) is 38.1 Å². The fraction of sp³-hybridized carbons (Fsp3) is 0.600. The molecule has 0 radical (unpaired) electrons. The summed E-state index contributed by atoms with van der Waals surface area (Å²) in [5, 5.41) is 13.0. The van der Waals surface area contributed by atoms with Crippen LogP contribution >= 0.6 is 0 Å². The number of nitrogens with one attached hydrogen (secondary N) is 5. The van der Waals surface area contributed by atoms with Gasteiger partial charge in [-0.2, -0.15) is 0 Å². The van der Waals surface area contributed by atoms with E-state index in [0.717, 1.165) is 5.56 Å². The highest BCUT2D eigenvalue weighted by Gasteiger charge is 2.32. The van der Waals surface area contributed by atoms with Crippen molar-refractivity contribution in [3.05, 3.63) is 35.9 Å². The number of rotatable bonds is 7. The first-order valence-electron chi connectivity index (χ1n) is 14.5. The lowest BCUT2D eigenvalue weighted by Gasteiger charge is -2.27. The van der Waals surface area contributed by atoms with Crippen molar-refractivity contribution in [2.45, 2.75) is 85.0 Å². The van der Waals surface area contributed by atoms with Crippen LogP contribution in [0.3, 0.4) is 0 Å². The molecule has 12 nitrogen and oxygen atoms in total. The van der Waals surface area contributed by atoms with Crippen LogP contribution in [0.5, 0.6) is 0 Å². The Morgan fingerprint density at radius 3 is 1.83 bits per heavy atom. The normalized spacial score (nSPS) is 23.7. The monoisotopic (exact) mass is 587 g/mol. The van der Waals surface area contributed by atoms with Gasteiger partial charge in [0.1, 0.15) is 18.1 Å². The third-order valence-electron chi connectivity index (χ3n) is 6.59. The van der Waals surface area contributed by atoms with Gasteiger partial charge in [-0.3, -0.25) is 24.0 Å². The highest BCUT2D eigenvalue weighted by molar-refractivity contribution is 5.95. The molecule has 1 fully saturated rings. The van der Waals surface area contributed by atoms with Crippen LogP contribution in [0.4, 0.5) is 0 Å². The van der Waals surface area contributed by atoms with Crippen molar-refractivity contribution in [3.8, 4) is 0 Å². The van der Waals surface area contributed by atoms with Gasteiger partial charge >= 0.3 is 5.97 Å². The molecule has 2 rings (SSSR count). The number of ether oxygens (including phenoxy) is 1. The number of hydrogen-bond donors (Lipinski definition) is 5. The number of esters is 1. The highest BCUT2D eigenvalue weighted by Crippen LogP contribution is 2.13. The fourth-order valence-corrected chi connectivity index (χ4v) is 4.44. The zero-order valence-corrected chi connectivity index (χ0v) is 25.3. The second-order valence-corrected chi connectivity index (χ2v) is 11.8. The number of benzene rings is 1. The van der Waals surface area contributed by atoms with Gasteiger partial charge in [0, 0.05) is 6.42 Å². The Morgan fingerprint density at radius 1 is 0.690 bits per heavy atom. The van der Waals surface area contributed by atoms with E-state index in [-0.39, 0.29) is 37.0 Å². The summed E-state index contributed by atoms with van der Waals surface area (Å²) in [6, 6.07) is 5.90. The minimum Gasteiger partial charge on any atom is -0.451 e. The summed E-state index contributed by atoms with van der Waals surface area (Å²) in [4.78, 5) is 78.2. The van der Waals surface area contributed by atoms with Crippen molar-refractivity contribution in [2.75, 3.05) is 13.1 Å². The molecule has 0 aliphatic carbocycles. The maximum atomic E-state index is 13.3. The molecule has 0 saturated carbocycles. The molecule has 2 unspecified atom stereocenters. The quantitative estimate of drug-likeness (QED) is 0.291. The van der Waals surface area contributed by atoms with Gasteiger partial charge in [0.2, 0.25) is 23.6 Å². The van der Waals surface area contributed by atoms with Gasteiger partial charge in [0.05, 0.1) is 13.1 Å². The van der Waals surface area contributed by atoms with Gasteiger partial charge in [-0.05, 0) is 36.2 Å². The summed E-state index contributed by atoms with van der Waals surface area (Å²) in [5.74, 6) is -4.28. The van der Waals surface area contributed by atoms with Crippen LogP contribution in [0.25, 0.3) is 0 Å². The van der Waals surface area contributed by atoms with Gasteiger partial charge in [-0.15, -0.1) is 0 Å². The number of cyclic esters (lactones) is 1. The molecule has 1 aromatic rings. The van der Waals surface area contributed by atoms with Gasteiger partial charge in [-0.1, -0.05) is 71.9 Å². The van der Waals surface area contributed by atoms with E-state index in [2.05, 4.69) is 26.6 Å². The van der Waals surface area contributed by atoms with Crippen LogP contribution < -0.4 is 26.6 Å². The molecule has 1 saturated heterocycles. The Bertz CT molecular complexity index is 1110. The van der Waals surface area contributed by atoms with E-state index in [1.807, 2.05) is 33.8 Å². The van der Waals surface area contributed by atoms with Gasteiger partial charge in [0.15, 0.2) is 6.10 Å². The van der Waals surface area contributed by atoms with Gasteiger partial charge in [0.25, 0.3) is 5.91 Å². The van der Waals surface area contributed by atoms with Crippen molar-refractivity contribution < 1.29 is 33.5 Å². The van der Waals surface area contributed by atoms with E-state index >= 15 is 0 Å². The van der Waals surface area contributed by atoms with E-state index in [4.69, 9.17) is 4.74 Å². The molecule has 12 heteroatoms. The topological polar surface area (TPSA) is 172 Å². The third kappa shape index (κ3) is 11.5. The standard InChI is InChI=1S/C30H45N5O7/c1-17(2)12-22-30(41)42-23(13-18(3)4)28(39)32-16-25(37)35-26(19(5)6)29(40)34-21(14-20-10-8-7-9-11-20)27(38)31-15-24(36)33-22/h7-11,17-19,21-23,26H,12-16H2,1-6H3,(H,31,38)(H,32,39)(H,33,36)(H,34,40)(H,35,37)/t21-,22?,23-,26?/m0/s1. The second-order valence-electron chi connectivity index (χ2n) is 11.8. The number of hydrogen-bond acceptors (Lipinski definition) is 7. The van der Waals surface area contributed by atoms with Gasteiger partial charge in [-0.25, -0.2) is 4.79 Å². The molecular formula is C30H45N5O7. The molecule has 0 spiro atoms. The predicted octanol–water partition coefficient (Wildman–Crippen LogP) is 0.590. The van der Waals surface area contributed by atoms with E-state index in [9.17, 15) is 28.8 Å². The van der Waals surface area contributed by atoms with Crippen molar-refractivity contribution in [1.29, 1.82) is 0 Å². The predicted molar refractivity (Wildman–Crippen MR) is 156 cm³/mol. The van der Waals surface area contributed by atoms with Crippen LogP contribution in [-0.4, -0.2) is 72.8 Å². The maximum absolute atomic E-state index is 13.3. The summed E-state index contributed by atoms with van der Waals surface area (Å²) in [7, 11) is 0. The molecule has 1 heterocycles. The summed E-state index contributed by atoms with van der Waals surface area (Å²) in [5.41, 5.74) is 0.771. The van der Waals surface area contributed by atoms with Crippen molar-refractivity contribution in [3.63, 3.8) is 0 Å². The Kier molecular flexibility index (Phi) is 13.4.